The monoisotopic (exact) mass is 277 g/mol. The number of furan rings is 1. The fourth-order valence-corrected chi connectivity index (χ4v) is 2.03. The fraction of sp³-hybridized carbons (Fsp3) is 0.375. The first-order chi connectivity index (χ1) is 9.38. The van der Waals surface area contributed by atoms with Gasteiger partial charge in [0.2, 0.25) is 0 Å². The lowest BCUT2D eigenvalue weighted by atomic mass is 10.0. The molecule has 1 aromatic carbocycles. The largest absolute Gasteiger partial charge is 0.463 e. The van der Waals surface area contributed by atoms with Crippen molar-refractivity contribution in [3.63, 3.8) is 0 Å². The molecule has 0 fully saturated rings. The summed E-state index contributed by atoms with van der Waals surface area (Å²) in [6.07, 6.45) is 0. The molecule has 4 heteroatoms. The second-order valence-electron chi connectivity index (χ2n) is 5.34. The Kier molecular flexibility index (Phi) is 4.26. The average Bonchev–Trinajstić information content (AvgIpc) is 2.84. The summed E-state index contributed by atoms with van der Waals surface area (Å²) in [6, 6.07) is 9.95. The fourth-order valence-electron chi connectivity index (χ4n) is 2.03. The van der Waals surface area contributed by atoms with Gasteiger partial charge in [0.05, 0.1) is 0 Å². The topological polar surface area (TPSA) is 45.4 Å². The highest BCUT2D eigenvalue weighted by Crippen LogP contribution is 2.23. The summed E-state index contributed by atoms with van der Waals surface area (Å²) in [5, 5.41) is 13.7. The summed E-state index contributed by atoms with van der Waals surface area (Å²) in [5.41, 5.74) is -0.111. The predicted molar refractivity (Wildman–Crippen MR) is 75.8 cm³/mol. The van der Waals surface area contributed by atoms with Crippen molar-refractivity contribution in [2.24, 2.45) is 0 Å². The molecule has 0 aliphatic carbocycles. The summed E-state index contributed by atoms with van der Waals surface area (Å²) in [7, 11) is 0. The lowest BCUT2D eigenvalue weighted by molar-refractivity contribution is 0.0313. The van der Waals surface area contributed by atoms with Crippen LogP contribution in [-0.2, 0) is 5.60 Å². The van der Waals surface area contributed by atoms with Gasteiger partial charge in [-0.3, -0.25) is 0 Å². The molecule has 2 N–H and O–H groups in total. The van der Waals surface area contributed by atoms with E-state index in [4.69, 9.17) is 4.42 Å². The first kappa shape index (κ1) is 14.8. The average molecular weight is 277 g/mol. The minimum absolute atomic E-state index is 0.0122. The van der Waals surface area contributed by atoms with E-state index in [9.17, 15) is 9.50 Å². The second kappa shape index (κ2) is 5.77. The number of halogens is 1. The van der Waals surface area contributed by atoms with Crippen molar-refractivity contribution in [2.45, 2.75) is 32.4 Å². The summed E-state index contributed by atoms with van der Waals surface area (Å²) in [5.74, 6) is 1.06. The van der Waals surface area contributed by atoms with Gasteiger partial charge in [0.25, 0.3) is 0 Å². The third kappa shape index (κ3) is 3.46. The van der Waals surface area contributed by atoms with Gasteiger partial charge in [-0.05, 0) is 50.6 Å². The van der Waals surface area contributed by atoms with Crippen LogP contribution in [0.5, 0.6) is 0 Å². The van der Waals surface area contributed by atoms with Crippen LogP contribution in [0.25, 0.3) is 0 Å². The van der Waals surface area contributed by atoms with Crippen molar-refractivity contribution in [2.75, 3.05) is 6.54 Å². The third-order valence-electron chi connectivity index (χ3n) is 3.39. The zero-order chi connectivity index (χ0) is 14.8. The van der Waals surface area contributed by atoms with E-state index in [0.29, 0.717) is 12.3 Å². The van der Waals surface area contributed by atoms with Gasteiger partial charge in [-0.2, -0.15) is 0 Å². The predicted octanol–water partition coefficient (Wildman–Crippen LogP) is 3.29. The molecule has 2 unspecified atom stereocenters. The number of benzene rings is 1. The summed E-state index contributed by atoms with van der Waals surface area (Å²) < 4.78 is 18.3. The van der Waals surface area contributed by atoms with E-state index in [0.717, 1.165) is 11.3 Å². The normalized spacial score (nSPS) is 15.8. The van der Waals surface area contributed by atoms with E-state index in [2.05, 4.69) is 5.32 Å². The van der Waals surface area contributed by atoms with Crippen molar-refractivity contribution in [3.8, 4) is 0 Å². The lowest BCUT2D eigenvalue weighted by Gasteiger charge is -2.24. The highest BCUT2D eigenvalue weighted by atomic mass is 19.1. The Morgan fingerprint density at radius 3 is 2.45 bits per heavy atom. The van der Waals surface area contributed by atoms with Crippen molar-refractivity contribution < 1.29 is 13.9 Å². The number of rotatable bonds is 5. The van der Waals surface area contributed by atoms with E-state index in [-0.39, 0.29) is 11.9 Å². The Balaban J connectivity index is 1.98. The zero-order valence-electron chi connectivity index (χ0n) is 12.0. The summed E-state index contributed by atoms with van der Waals surface area (Å²) in [6.45, 7) is 5.86. The number of hydrogen-bond acceptors (Lipinski definition) is 3. The van der Waals surface area contributed by atoms with E-state index < -0.39 is 5.60 Å². The maximum atomic E-state index is 12.9. The maximum absolute atomic E-state index is 12.9. The molecule has 2 aromatic rings. The second-order valence-corrected chi connectivity index (χ2v) is 5.34. The van der Waals surface area contributed by atoms with Gasteiger partial charge in [-0.1, -0.05) is 12.1 Å². The molecule has 20 heavy (non-hydrogen) atoms. The van der Waals surface area contributed by atoms with Crippen LogP contribution in [0.2, 0.25) is 0 Å². The molecule has 2 rings (SSSR count). The summed E-state index contributed by atoms with van der Waals surface area (Å²) >= 11 is 0. The Morgan fingerprint density at radius 1 is 1.25 bits per heavy atom. The highest BCUT2D eigenvalue weighted by molar-refractivity contribution is 5.20. The van der Waals surface area contributed by atoms with Crippen LogP contribution in [0.3, 0.4) is 0 Å². The van der Waals surface area contributed by atoms with E-state index in [1.54, 1.807) is 25.1 Å². The van der Waals surface area contributed by atoms with E-state index in [1.165, 1.54) is 12.1 Å². The third-order valence-corrected chi connectivity index (χ3v) is 3.39. The molecule has 0 spiro atoms. The molecule has 3 nitrogen and oxygen atoms in total. The van der Waals surface area contributed by atoms with Gasteiger partial charge in [-0.15, -0.1) is 0 Å². The number of hydrogen-bond donors (Lipinski definition) is 2. The molecule has 0 aliphatic rings. The minimum Gasteiger partial charge on any atom is -0.463 e. The minimum atomic E-state index is -1.08. The Morgan fingerprint density at radius 2 is 1.90 bits per heavy atom. The molecule has 1 aromatic heterocycles. The van der Waals surface area contributed by atoms with Crippen LogP contribution in [0.15, 0.2) is 40.8 Å². The quantitative estimate of drug-likeness (QED) is 0.881. The van der Waals surface area contributed by atoms with E-state index >= 15 is 0 Å². The van der Waals surface area contributed by atoms with Gasteiger partial charge in [0.15, 0.2) is 0 Å². The summed E-state index contributed by atoms with van der Waals surface area (Å²) in [4.78, 5) is 0. The molecular formula is C16H20FNO2. The van der Waals surface area contributed by atoms with Gasteiger partial charge in [-0.25, -0.2) is 4.39 Å². The molecular weight excluding hydrogens is 257 g/mol. The first-order valence-corrected chi connectivity index (χ1v) is 6.66. The zero-order valence-corrected chi connectivity index (χ0v) is 12.0. The molecule has 108 valence electrons. The number of aryl methyl sites for hydroxylation is 1. The van der Waals surface area contributed by atoms with Crippen LogP contribution < -0.4 is 5.32 Å². The molecule has 0 saturated heterocycles. The molecule has 0 radical (unpaired) electrons. The molecule has 0 amide bonds. The number of nitrogens with one attached hydrogen (secondary N) is 1. The van der Waals surface area contributed by atoms with Crippen LogP contribution in [0, 0.1) is 12.7 Å². The first-order valence-electron chi connectivity index (χ1n) is 6.66. The van der Waals surface area contributed by atoms with Crippen LogP contribution >= 0.6 is 0 Å². The van der Waals surface area contributed by atoms with Crippen molar-refractivity contribution in [1.82, 2.24) is 5.32 Å². The smallest absolute Gasteiger partial charge is 0.136 e. The molecule has 0 saturated carbocycles. The van der Waals surface area contributed by atoms with Crippen LogP contribution in [-0.4, -0.2) is 11.7 Å². The molecule has 2 atom stereocenters. The lowest BCUT2D eigenvalue weighted by Crippen LogP contribution is -2.36. The standard InChI is InChI=1S/C16H20FNO2/c1-11-4-9-15(20-11)16(3,19)10-18-12(2)13-5-7-14(17)8-6-13/h4-9,12,18-19H,10H2,1-3H3. The molecule has 0 aliphatic heterocycles. The van der Waals surface area contributed by atoms with Crippen LogP contribution in [0.4, 0.5) is 4.39 Å². The molecule has 1 heterocycles. The Hall–Kier alpha value is -1.65. The highest BCUT2D eigenvalue weighted by Gasteiger charge is 2.27. The Labute approximate surface area is 118 Å². The number of aliphatic hydroxyl groups is 1. The van der Waals surface area contributed by atoms with Crippen LogP contribution in [0.1, 0.15) is 37.0 Å². The van der Waals surface area contributed by atoms with Gasteiger partial charge in [0, 0.05) is 12.6 Å². The van der Waals surface area contributed by atoms with Gasteiger partial charge < -0.3 is 14.8 Å². The Bertz CT molecular complexity index is 560. The van der Waals surface area contributed by atoms with Crippen molar-refractivity contribution in [3.05, 3.63) is 59.3 Å². The van der Waals surface area contributed by atoms with Gasteiger partial charge in [0.1, 0.15) is 22.9 Å². The van der Waals surface area contributed by atoms with Crippen molar-refractivity contribution >= 4 is 0 Å². The van der Waals surface area contributed by atoms with Gasteiger partial charge >= 0.3 is 0 Å². The molecule has 0 bridgehead atoms. The maximum Gasteiger partial charge on any atom is 0.136 e. The van der Waals surface area contributed by atoms with Crippen molar-refractivity contribution in [1.29, 1.82) is 0 Å². The SMILES string of the molecule is Cc1ccc(C(C)(O)CNC(C)c2ccc(F)cc2)o1. The van der Waals surface area contributed by atoms with E-state index in [1.807, 2.05) is 19.9 Å².